The number of nitrogens with zero attached hydrogens (tertiary/aromatic N) is 4. The summed E-state index contributed by atoms with van der Waals surface area (Å²) in [7, 11) is 0. The van der Waals surface area contributed by atoms with Gasteiger partial charge in [0.25, 0.3) is 0 Å². The number of piperazine rings is 1. The lowest BCUT2D eigenvalue weighted by molar-refractivity contribution is 0.182. The number of ether oxygens (including phenoxy) is 2. The molecule has 6 rings (SSSR count). The summed E-state index contributed by atoms with van der Waals surface area (Å²) in [5.74, 6) is 3.30. The third-order valence-corrected chi connectivity index (χ3v) is 8.06. The monoisotopic (exact) mass is 501 g/mol. The fourth-order valence-electron chi connectivity index (χ4n) is 5.88. The van der Waals surface area contributed by atoms with Crippen LogP contribution in [0.1, 0.15) is 37.7 Å². The van der Waals surface area contributed by atoms with Crippen molar-refractivity contribution in [1.29, 1.82) is 0 Å². The normalized spacial score (nSPS) is 21.9. The molecule has 2 aliphatic heterocycles. The van der Waals surface area contributed by atoms with Crippen LogP contribution in [-0.2, 0) is 6.42 Å². The number of hydrogen-bond donors (Lipinski definition) is 1. The third kappa shape index (κ3) is 5.64. The first-order valence-electron chi connectivity index (χ1n) is 13.6. The van der Waals surface area contributed by atoms with E-state index in [1.807, 2.05) is 30.5 Å². The molecule has 0 bridgehead atoms. The highest BCUT2D eigenvalue weighted by molar-refractivity contribution is 5.81. The van der Waals surface area contributed by atoms with E-state index in [0.29, 0.717) is 5.75 Å². The van der Waals surface area contributed by atoms with Crippen LogP contribution in [-0.4, -0.2) is 66.3 Å². The molecule has 1 saturated carbocycles. The zero-order chi connectivity index (χ0) is 25.0. The molecule has 1 aromatic carbocycles. The highest BCUT2D eigenvalue weighted by Crippen LogP contribution is 2.34. The zero-order valence-electron chi connectivity index (χ0n) is 21.3. The van der Waals surface area contributed by atoms with Crippen molar-refractivity contribution in [2.75, 3.05) is 44.2 Å². The number of fused-ring (bicyclic) bond motifs is 2. The van der Waals surface area contributed by atoms with Crippen LogP contribution >= 0.6 is 0 Å². The van der Waals surface area contributed by atoms with Crippen molar-refractivity contribution in [3.8, 4) is 11.5 Å². The van der Waals surface area contributed by atoms with Crippen LogP contribution in [0, 0.1) is 5.92 Å². The average Bonchev–Trinajstić information content (AvgIpc) is 3.42. The predicted octanol–water partition coefficient (Wildman–Crippen LogP) is 4.42. The van der Waals surface area contributed by atoms with Crippen LogP contribution in [0.3, 0.4) is 0 Å². The van der Waals surface area contributed by atoms with Crippen molar-refractivity contribution in [3.05, 3.63) is 54.4 Å². The summed E-state index contributed by atoms with van der Waals surface area (Å²) < 4.78 is 11.4. The number of rotatable bonds is 6. The maximum absolute atomic E-state index is 12.5. The minimum atomic E-state index is -0.367. The molecule has 1 N–H and O–H groups in total. The second-order valence-corrected chi connectivity index (χ2v) is 10.4. The van der Waals surface area contributed by atoms with Crippen molar-refractivity contribution < 1.29 is 14.3 Å². The van der Waals surface area contributed by atoms with Crippen LogP contribution in [0.15, 0.2) is 48.8 Å². The van der Waals surface area contributed by atoms with Gasteiger partial charge >= 0.3 is 6.09 Å². The molecule has 37 heavy (non-hydrogen) atoms. The van der Waals surface area contributed by atoms with Crippen molar-refractivity contribution in [1.82, 2.24) is 20.2 Å². The Bertz CT molecular complexity index is 1240. The van der Waals surface area contributed by atoms with Gasteiger partial charge in [0.05, 0.1) is 12.1 Å². The number of carbonyl (C=O) groups is 1. The van der Waals surface area contributed by atoms with E-state index < -0.39 is 0 Å². The third-order valence-electron chi connectivity index (χ3n) is 8.06. The lowest BCUT2D eigenvalue weighted by atomic mass is 9.84. The topological polar surface area (TPSA) is 79.8 Å². The Morgan fingerprint density at radius 3 is 2.76 bits per heavy atom. The minimum absolute atomic E-state index is 0.191. The summed E-state index contributed by atoms with van der Waals surface area (Å²) in [6.07, 6.45) is 9.87. The van der Waals surface area contributed by atoms with Gasteiger partial charge in [-0.25, -0.2) is 9.78 Å². The molecule has 0 atom stereocenters. The Morgan fingerprint density at radius 1 is 1.03 bits per heavy atom. The molecule has 0 radical (unpaired) electrons. The Kier molecular flexibility index (Phi) is 7.08. The molecule has 8 nitrogen and oxygen atoms in total. The fraction of sp³-hybridized carbons (Fsp3) is 0.483. The van der Waals surface area contributed by atoms with Gasteiger partial charge in [-0.2, -0.15) is 0 Å². The molecule has 0 unspecified atom stereocenters. The van der Waals surface area contributed by atoms with Crippen molar-refractivity contribution in [3.63, 3.8) is 0 Å². The van der Waals surface area contributed by atoms with Crippen LogP contribution in [0.2, 0.25) is 0 Å². The quantitative estimate of drug-likeness (QED) is 0.535. The Morgan fingerprint density at radius 2 is 1.89 bits per heavy atom. The minimum Gasteiger partial charge on any atom is -0.489 e. The van der Waals surface area contributed by atoms with E-state index in [9.17, 15) is 4.79 Å². The first-order valence-corrected chi connectivity index (χ1v) is 13.6. The molecule has 0 spiro atoms. The van der Waals surface area contributed by atoms with Gasteiger partial charge in [0.1, 0.15) is 5.75 Å². The number of hydrogen-bond acceptors (Lipinski definition) is 7. The van der Waals surface area contributed by atoms with E-state index in [-0.39, 0.29) is 12.1 Å². The summed E-state index contributed by atoms with van der Waals surface area (Å²) in [5.41, 5.74) is 2.18. The molecule has 3 aromatic rings. The molecule has 1 saturated heterocycles. The van der Waals surface area contributed by atoms with Crippen LogP contribution < -0.4 is 19.7 Å². The van der Waals surface area contributed by atoms with E-state index in [1.54, 1.807) is 12.3 Å². The van der Waals surface area contributed by atoms with Gasteiger partial charge in [0, 0.05) is 62.0 Å². The van der Waals surface area contributed by atoms with Gasteiger partial charge in [-0.15, -0.1) is 0 Å². The molecule has 2 fully saturated rings. The SMILES string of the molecule is O=C(NC1CCC(CCN2CCN(c3nccc4c3OCC4)CC2)CC1)Oc1ccc2ncccc2c1. The van der Waals surface area contributed by atoms with Gasteiger partial charge in [-0.1, -0.05) is 6.07 Å². The van der Waals surface area contributed by atoms with Gasteiger partial charge in [-0.3, -0.25) is 9.88 Å². The molecular weight excluding hydrogens is 466 g/mol. The molecule has 3 aliphatic rings. The van der Waals surface area contributed by atoms with Gasteiger partial charge in [-0.05, 0) is 74.9 Å². The number of anilines is 1. The van der Waals surface area contributed by atoms with Gasteiger partial charge in [0.2, 0.25) is 0 Å². The molecule has 4 heterocycles. The molecule has 194 valence electrons. The predicted molar refractivity (Wildman–Crippen MR) is 143 cm³/mol. The Hall–Kier alpha value is -3.39. The fourth-order valence-corrected chi connectivity index (χ4v) is 5.88. The first-order chi connectivity index (χ1) is 18.2. The molecule has 2 aromatic heterocycles. The van der Waals surface area contributed by atoms with Crippen LogP contribution in [0.4, 0.5) is 10.6 Å². The van der Waals surface area contributed by atoms with Crippen molar-refractivity contribution in [2.45, 2.75) is 44.6 Å². The van der Waals surface area contributed by atoms with E-state index in [2.05, 4.69) is 31.2 Å². The molecule has 1 amide bonds. The Balaban J connectivity index is 0.903. The maximum atomic E-state index is 12.5. The van der Waals surface area contributed by atoms with Crippen LogP contribution in [0.25, 0.3) is 10.9 Å². The Labute approximate surface area is 218 Å². The number of nitrogens with one attached hydrogen (secondary N) is 1. The zero-order valence-corrected chi connectivity index (χ0v) is 21.3. The second kappa shape index (κ2) is 10.9. The van der Waals surface area contributed by atoms with E-state index in [1.165, 1.54) is 12.0 Å². The first kappa shape index (κ1) is 24.0. The van der Waals surface area contributed by atoms with E-state index in [4.69, 9.17) is 9.47 Å². The van der Waals surface area contributed by atoms with Crippen LogP contribution in [0.5, 0.6) is 11.5 Å². The second-order valence-electron chi connectivity index (χ2n) is 10.4. The average molecular weight is 502 g/mol. The summed E-state index contributed by atoms with van der Waals surface area (Å²) in [5, 5.41) is 4.03. The lowest BCUT2D eigenvalue weighted by Gasteiger charge is -2.37. The molecule has 1 aliphatic carbocycles. The van der Waals surface area contributed by atoms with E-state index in [0.717, 1.165) is 99.8 Å². The van der Waals surface area contributed by atoms with Crippen molar-refractivity contribution >= 4 is 22.8 Å². The van der Waals surface area contributed by atoms with E-state index >= 15 is 0 Å². The summed E-state index contributed by atoms with van der Waals surface area (Å²) in [6, 6.07) is 11.6. The number of benzene rings is 1. The van der Waals surface area contributed by atoms with Gasteiger partial charge in [0.15, 0.2) is 11.6 Å². The summed E-state index contributed by atoms with van der Waals surface area (Å²) in [6.45, 7) is 6.05. The smallest absolute Gasteiger partial charge is 0.412 e. The lowest BCUT2D eigenvalue weighted by Crippen LogP contribution is -2.47. The largest absolute Gasteiger partial charge is 0.489 e. The number of pyridine rings is 2. The summed E-state index contributed by atoms with van der Waals surface area (Å²) in [4.78, 5) is 26.3. The highest BCUT2D eigenvalue weighted by Gasteiger charge is 2.27. The molecular formula is C29H35N5O3. The summed E-state index contributed by atoms with van der Waals surface area (Å²) >= 11 is 0. The highest BCUT2D eigenvalue weighted by atomic mass is 16.6. The standard InChI is InChI=1S/C29H35N5O3/c35-29(37-25-7-8-26-23(20-25)2-1-12-30-26)32-24-5-3-21(4-6-24)10-14-33-15-17-34(18-16-33)28-27-22(9-13-31-28)11-19-36-27/h1-2,7-9,12-13,20-21,24H,3-6,10-11,14-19H2,(H,32,35). The number of amides is 1. The maximum Gasteiger partial charge on any atom is 0.412 e. The number of carbonyl (C=O) groups excluding carboxylic acids is 1. The van der Waals surface area contributed by atoms with Gasteiger partial charge < -0.3 is 19.7 Å². The van der Waals surface area contributed by atoms with Crippen molar-refractivity contribution in [2.24, 2.45) is 5.92 Å². The molecule has 8 heteroatoms. The number of aromatic nitrogens is 2.